The van der Waals surface area contributed by atoms with Crippen LogP contribution in [0.1, 0.15) is 11.1 Å². The predicted molar refractivity (Wildman–Crippen MR) is 75.7 cm³/mol. The number of halogens is 1. The molecule has 0 atom stereocenters. The summed E-state index contributed by atoms with van der Waals surface area (Å²) in [5.74, 6) is 0. The van der Waals surface area contributed by atoms with Crippen molar-refractivity contribution >= 4 is 17.2 Å². The maximum absolute atomic E-state index is 12.0. The van der Waals surface area contributed by atoms with Crippen LogP contribution >= 0.6 is 11.6 Å². The number of rotatable bonds is 2. The van der Waals surface area contributed by atoms with Crippen molar-refractivity contribution in [2.24, 2.45) is 0 Å². The number of nitrogens with zero attached hydrogens (tertiary/aromatic N) is 2. The quantitative estimate of drug-likeness (QED) is 0.717. The molecular formula is C15H11ClN2O. The number of fused-ring (bicyclic) bond motifs is 1. The molecule has 0 aliphatic heterocycles. The number of pyridine rings is 1. The maximum atomic E-state index is 12.0. The molecule has 3 nitrogen and oxygen atoms in total. The number of aromatic nitrogens is 2. The van der Waals surface area contributed by atoms with Gasteiger partial charge in [-0.3, -0.25) is 4.79 Å². The van der Waals surface area contributed by atoms with Crippen LogP contribution in [0.5, 0.6) is 0 Å². The summed E-state index contributed by atoms with van der Waals surface area (Å²) in [5.41, 5.74) is 2.01. The van der Waals surface area contributed by atoms with Crippen molar-refractivity contribution in [2.75, 3.05) is 0 Å². The van der Waals surface area contributed by atoms with Gasteiger partial charge >= 0.3 is 0 Å². The Morgan fingerprint density at radius 2 is 1.84 bits per heavy atom. The third kappa shape index (κ3) is 2.37. The number of benzene rings is 1. The Bertz CT molecular complexity index is 795. The van der Waals surface area contributed by atoms with Crippen molar-refractivity contribution in [3.05, 3.63) is 81.4 Å². The van der Waals surface area contributed by atoms with Gasteiger partial charge in [-0.1, -0.05) is 35.9 Å². The summed E-state index contributed by atoms with van der Waals surface area (Å²) >= 11 is 6.12. The molecule has 0 radical (unpaired) electrons. The van der Waals surface area contributed by atoms with E-state index in [0.29, 0.717) is 22.7 Å². The summed E-state index contributed by atoms with van der Waals surface area (Å²) in [6.45, 7) is 0. The van der Waals surface area contributed by atoms with Crippen LogP contribution in [0.4, 0.5) is 0 Å². The standard InChI is InChI=1S/C15H11ClN2O/c16-13-6-2-1-5-11(13)9-12-10-18-8-4-3-7-14(18)17-15(12)19/h1-8,10H,9H2. The molecule has 2 aromatic heterocycles. The fourth-order valence-corrected chi connectivity index (χ4v) is 2.22. The molecule has 0 aliphatic carbocycles. The van der Waals surface area contributed by atoms with Gasteiger partial charge < -0.3 is 4.40 Å². The lowest BCUT2D eigenvalue weighted by atomic mass is 10.1. The molecule has 0 spiro atoms. The molecule has 0 unspecified atom stereocenters. The molecule has 1 aromatic carbocycles. The molecule has 3 rings (SSSR count). The van der Waals surface area contributed by atoms with Crippen molar-refractivity contribution < 1.29 is 0 Å². The van der Waals surface area contributed by atoms with Gasteiger partial charge in [-0.15, -0.1) is 0 Å². The largest absolute Gasteiger partial charge is 0.308 e. The minimum atomic E-state index is -0.203. The second-order valence-corrected chi connectivity index (χ2v) is 4.71. The van der Waals surface area contributed by atoms with Gasteiger partial charge in [-0.05, 0) is 23.8 Å². The average Bonchev–Trinajstić information content (AvgIpc) is 2.42. The van der Waals surface area contributed by atoms with Crippen LogP contribution in [0.15, 0.2) is 59.7 Å². The Balaban J connectivity index is 2.08. The van der Waals surface area contributed by atoms with E-state index in [1.165, 1.54) is 0 Å². The summed E-state index contributed by atoms with van der Waals surface area (Å²) in [5, 5.41) is 0.667. The minimum absolute atomic E-state index is 0.203. The summed E-state index contributed by atoms with van der Waals surface area (Å²) in [6.07, 6.45) is 4.18. The van der Waals surface area contributed by atoms with Crippen LogP contribution in [-0.4, -0.2) is 9.38 Å². The van der Waals surface area contributed by atoms with Crippen LogP contribution in [0.3, 0.4) is 0 Å². The summed E-state index contributed by atoms with van der Waals surface area (Å²) in [7, 11) is 0. The Hall–Kier alpha value is -2.13. The second-order valence-electron chi connectivity index (χ2n) is 4.31. The number of hydrogen-bond donors (Lipinski definition) is 0. The minimum Gasteiger partial charge on any atom is -0.308 e. The van der Waals surface area contributed by atoms with Gasteiger partial charge in [0, 0.05) is 29.4 Å². The highest BCUT2D eigenvalue weighted by atomic mass is 35.5. The molecule has 19 heavy (non-hydrogen) atoms. The van der Waals surface area contributed by atoms with Gasteiger partial charge in [0.15, 0.2) is 0 Å². The Morgan fingerprint density at radius 1 is 1.05 bits per heavy atom. The Morgan fingerprint density at radius 3 is 2.68 bits per heavy atom. The molecule has 0 bridgehead atoms. The molecule has 3 aromatic rings. The van der Waals surface area contributed by atoms with Gasteiger partial charge in [-0.25, -0.2) is 0 Å². The Labute approximate surface area is 115 Å². The van der Waals surface area contributed by atoms with Crippen molar-refractivity contribution in [3.63, 3.8) is 0 Å². The molecule has 4 heteroatoms. The fourth-order valence-electron chi connectivity index (χ4n) is 2.02. The van der Waals surface area contributed by atoms with Gasteiger partial charge in [-0.2, -0.15) is 4.98 Å². The van der Waals surface area contributed by atoms with E-state index in [0.717, 1.165) is 5.56 Å². The monoisotopic (exact) mass is 270 g/mol. The lowest BCUT2D eigenvalue weighted by Crippen LogP contribution is -2.15. The lowest BCUT2D eigenvalue weighted by molar-refractivity contribution is 1.00. The average molecular weight is 271 g/mol. The molecule has 0 fully saturated rings. The highest BCUT2D eigenvalue weighted by Gasteiger charge is 2.06. The van der Waals surface area contributed by atoms with Crippen LogP contribution in [0.2, 0.25) is 5.02 Å². The van der Waals surface area contributed by atoms with E-state index in [1.54, 1.807) is 6.07 Å². The van der Waals surface area contributed by atoms with Crippen LogP contribution in [0.25, 0.3) is 5.65 Å². The zero-order valence-electron chi connectivity index (χ0n) is 10.1. The molecule has 0 saturated carbocycles. The molecule has 0 amide bonds. The summed E-state index contributed by atoms with van der Waals surface area (Å²) in [4.78, 5) is 16.0. The van der Waals surface area contributed by atoms with Gasteiger partial charge in [0.2, 0.25) is 0 Å². The third-order valence-corrected chi connectivity index (χ3v) is 3.36. The predicted octanol–water partition coefficient (Wildman–Crippen LogP) is 2.94. The van der Waals surface area contributed by atoms with Crippen LogP contribution in [-0.2, 0) is 6.42 Å². The van der Waals surface area contributed by atoms with Crippen molar-refractivity contribution in [1.29, 1.82) is 0 Å². The van der Waals surface area contributed by atoms with Crippen LogP contribution < -0.4 is 5.56 Å². The zero-order chi connectivity index (χ0) is 13.2. The normalized spacial score (nSPS) is 10.8. The van der Waals surface area contributed by atoms with Gasteiger partial charge in [0.25, 0.3) is 5.56 Å². The first-order valence-electron chi connectivity index (χ1n) is 5.94. The van der Waals surface area contributed by atoms with Gasteiger partial charge in [0.05, 0.1) is 0 Å². The maximum Gasteiger partial charge on any atom is 0.276 e. The highest BCUT2D eigenvalue weighted by molar-refractivity contribution is 6.31. The molecule has 0 aliphatic rings. The van der Waals surface area contributed by atoms with E-state index < -0.39 is 0 Å². The highest BCUT2D eigenvalue weighted by Crippen LogP contribution is 2.17. The van der Waals surface area contributed by atoms with E-state index in [4.69, 9.17) is 11.6 Å². The van der Waals surface area contributed by atoms with Crippen molar-refractivity contribution in [1.82, 2.24) is 9.38 Å². The molecule has 0 N–H and O–H groups in total. The molecule has 2 heterocycles. The first kappa shape index (κ1) is 11.9. The summed E-state index contributed by atoms with van der Waals surface area (Å²) in [6, 6.07) is 13.1. The first-order chi connectivity index (χ1) is 9.24. The topological polar surface area (TPSA) is 34.4 Å². The molecule has 94 valence electrons. The SMILES string of the molecule is O=c1nc2ccccn2cc1Cc1ccccc1Cl. The van der Waals surface area contributed by atoms with E-state index in [9.17, 15) is 4.79 Å². The number of hydrogen-bond acceptors (Lipinski definition) is 2. The van der Waals surface area contributed by atoms with Crippen molar-refractivity contribution in [3.8, 4) is 0 Å². The van der Waals surface area contributed by atoms with Crippen LogP contribution in [0, 0.1) is 0 Å². The van der Waals surface area contributed by atoms with E-state index in [-0.39, 0.29) is 5.56 Å². The zero-order valence-corrected chi connectivity index (χ0v) is 10.8. The fraction of sp³-hybridized carbons (Fsp3) is 0.0667. The van der Waals surface area contributed by atoms with Gasteiger partial charge in [0.1, 0.15) is 5.65 Å². The molecular weight excluding hydrogens is 260 g/mol. The lowest BCUT2D eigenvalue weighted by Gasteiger charge is -2.05. The first-order valence-corrected chi connectivity index (χ1v) is 6.32. The van der Waals surface area contributed by atoms with Crippen molar-refractivity contribution in [2.45, 2.75) is 6.42 Å². The van der Waals surface area contributed by atoms with E-state index in [1.807, 2.05) is 53.2 Å². The second kappa shape index (κ2) is 4.86. The third-order valence-electron chi connectivity index (χ3n) is 2.99. The smallest absolute Gasteiger partial charge is 0.276 e. The van der Waals surface area contributed by atoms with E-state index in [2.05, 4.69) is 4.98 Å². The molecule has 0 saturated heterocycles. The Kier molecular flexibility index (Phi) is 3.05. The summed E-state index contributed by atoms with van der Waals surface area (Å²) < 4.78 is 1.84. The van der Waals surface area contributed by atoms with E-state index >= 15 is 0 Å².